The van der Waals surface area contributed by atoms with E-state index in [0.717, 1.165) is 64.2 Å². The van der Waals surface area contributed by atoms with Crippen molar-refractivity contribution in [1.29, 1.82) is 0 Å². The molecule has 17 nitrogen and oxygen atoms in total. The van der Waals surface area contributed by atoms with Gasteiger partial charge in [-0.1, -0.05) is 157 Å². The maximum Gasteiger partial charge on any atom is 0.472 e. The Morgan fingerprint density at radius 1 is 0.544 bits per heavy atom. The van der Waals surface area contributed by atoms with Crippen molar-refractivity contribution in [3.63, 3.8) is 0 Å². The van der Waals surface area contributed by atoms with E-state index >= 15 is 0 Å². The minimum absolute atomic E-state index is 0.0598. The summed E-state index contributed by atoms with van der Waals surface area (Å²) in [5.41, 5.74) is 0. The summed E-state index contributed by atoms with van der Waals surface area (Å²) in [5, 5.41) is 51.7. The van der Waals surface area contributed by atoms with Crippen LogP contribution in [0.25, 0.3) is 0 Å². The first-order valence-corrected chi connectivity index (χ1v) is 27.3. The van der Waals surface area contributed by atoms with Gasteiger partial charge < -0.3 is 49.7 Å². The van der Waals surface area contributed by atoms with Crippen LogP contribution in [0, 0.1) is 0 Å². The summed E-state index contributed by atoms with van der Waals surface area (Å²) in [6, 6.07) is 0. The molecule has 0 aliphatic heterocycles. The molecule has 0 aromatic heterocycles. The van der Waals surface area contributed by atoms with Gasteiger partial charge >= 0.3 is 27.6 Å². The summed E-state index contributed by atoms with van der Waals surface area (Å²) in [6.07, 6.45) is 30.0. The van der Waals surface area contributed by atoms with Gasteiger partial charge in [-0.2, -0.15) is 0 Å². The van der Waals surface area contributed by atoms with E-state index in [9.17, 15) is 58.9 Å². The maximum atomic E-state index is 13.0. The molecule has 0 spiro atoms. The SMILES string of the molecule is CC/C=C\C/C=C\C/C=C\C/C=C\C/C=C\C=C/C(O)CCC(=O)O[C@H](COC(=O)CCCCCCCCCCCCC/C=C\CC)COP(=O)(O)O[C@H]1C(O)C(O)C(O)[C@@H](OP(=O)(O)O)C1O. The van der Waals surface area contributed by atoms with Crippen LogP contribution in [0.15, 0.2) is 85.1 Å². The van der Waals surface area contributed by atoms with Gasteiger partial charge in [0.25, 0.3) is 0 Å². The number of unbranched alkanes of at least 4 members (excludes halogenated alkanes) is 11. The predicted molar refractivity (Wildman–Crippen MR) is 261 cm³/mol. The number of hydrogen-bond acceptors (Lipinski definition) is 14. The molecule has 0 aromatic rings. The molecule has 0 bridgehead atoms. The van der Waals surface area contributed by atoms with Gasteiger partial charge in [-0.05, 0) is 64.2 Å². The molecule has 6 unspecified atom stereocenters. The summed E-state index contributed by atoms with van der Waals surface area (Å²) >= 11 is 0. The van der Waals surface area contributed by atoms with Crippen LogP contribution in [-0.2, 0) is 41.8 Å². The number of esters is 2. The number of phosphoric ester groups is 2. The molecule has 0 radical (unpaired) electrons. The lowest BCUT2D eigenvalue weighted by molar-refractivity contribution is -0.216. The first-order valence-electron chi connectivity index (χ1n) is 24.2. The Morgan fingerprint density at radius 3 is 1.57 bits per heavy atom. The molecule has 1 saturated carbocycles. The minimum atomic E-state index is -5.39. The normalized spacial score (nSPS) is 22.4. The van der Waals surface area contributed by atoms with Crippen LogP contribution in [0.3, 0.4) is 0 Å². The van der Waals surface area contributed by atoms with Gasteiger partial charge in [0.1, 0.15) is 43.2 Å². The van der Waals surface area contributed by atoms with Crippen molar-refractivity contribution >= 4 is 27.6 Å². The number of aliphatic hydroxyl groups is 5. The second-order valence-electron chi connectivity index (χ2n) is 16.6. The Hall–Kier alpha value is -2.86. The third-order valence-electron chi connectivity index (χ3n) is 10.6. The number of carbonyl (C=O) groups is 2. The maximum absolute atomic E-state index is 13.0. The number of phosphoric acid groups is 2. The number of ether oxygens (including phenoxy) is 2. The van der Waals surface area contributed by atoms with Gasteiger partial charge in [0.2, 0.25) is 0 Å². The molecule has 9 atom stereocenters. The predicted octanol–water partition coefficient (Wildman–Crippen LogP) is 8.36. The number of carbonyl (C=O) groups excluding carboxylic acids is 2. The van der Waals surface area contributed by atoms with E-state index in [-0.39, 0.29) is 19.3 Å². The fourth-order valence-corrected chi connectivity index (χ4v) is 8.38. The van der Waals surface area contributed by atoms with Crippen LogP contribution >= 0.6 is 15.6 Å². The zero-order valence-corrected chi connectivity index (χ0v) is 41.9. The smallest absolute Gasteiger partial charge is 0.462 e. The second kappa shape index (κ2) is 38.8. The molecule has 68 heavy (non-hydrogen) atoms. The fourth-order valence-electron chi connectivity index (χ4n) is 6.84. The molecule has 8 N–H and O–H groups in total. The third-order valence-corrected chi connectivity index (χ3v) is 12.1. The van der Waals surface area contributed by atoms with Gasteiger partial charge in [0.05, 0.1) is 12.7 Å². The van der Waals surface area contributed by atoms with Crippen LogP contribution in [0.4, 0.5) is 0 Å². The van der Waals surface area contributed by atoms with E-state index in [1.807, 2.05) is 12.2 Å². The van der Waals surface area contributed by atoms with Crippen molar-refractivity contribution in [2.45, 2.75) is 198 Å². The average molecular weight is 1010 g/mol. The van der Waals surface area contributed by atoms with Crippen LogP contribution in [0.5, 0.6) is 0 Å². The van der Waals surface area contributed by atoms with Gasteiger partial charge in [-0.3, -0.25) is 23.2 Å². The molecule has 1 aliphatic rings. The monoisotopic (exact) mass is 1000 g/mol. The van der Waals surface area contributed by atoms with Gasteiger partial charge in [0, 0.05) is 12.8 Å². The zero-order valence-electron chi connectivity index (χ0n) is 40.1. The van der Waals surface area contributed by atoms with Gasteiger partial charge in [0.15, 0.2) is 6.10 Å². The van der Waals surface area contributed by atoms with E-state index in [1.54, 1.807) is 12.2 Å². The molecule has 0 amide bonds. The Kier molecular flexibility index (Phi) is 36.1. The molecule has 0 heterocycles. The molecular formula is C49H82O17P2. The lowest BCUT2D eigenvalue weighted by atomic mass is 9.85. The Balaban J connectivity index is 2.69. The Bertz CT molecular complexity index is 1650. The summed E-state index contributed by atoms with van der Waals surface area (Å²) in [6.45, 7) is 2.71. The highest BCUT2D eigenvalue weighted by molar-refractivity contribution is 7.47. The van der Waals surface area contributed by atoms with E-state index in [1.165, 1.54) is 44.6 Å². The van der Waals surface area contributed by atoms with Crippen molar-refractivity contribution in [1.82, 2.24) is 0 Å². The third kappa shape index (κ3) is 32.9. The summed E-state index contributed by atoms with van der Waals surface area (Å²) in [5.74, 6) is -1.49. The van der Waals surface area contributed by atoms with Crippen molar-refractivity contribution in [2.75, 3.05) is 13.2 Å². The number of rotatable bonds is 39. The van der Waals surface area contributed by atoms with E-state index in [2.05, 4.69) is 73.1 Å². The zero-order chi connectivity index (χ0) is 50.5. The van der Waals surface area contributed by atoms with Crippen molar-refractivity contribution in [3.8, 4) is 0 Å². The molecule has 19 heteroatoms. The van der Waals surface area contributed by atoms with Crippen LogP contribution < -0.4 is 0 Å². The first-order chi connectivity index (χ1) is 32.5. The van der Waals surface area contributed by atoms with Crippen LogP contribution in [0.1, 0.15) is 149 Å². The topological polar surface area (TPSA) is 276 Å². The molecular weight excluding hydrogens is 922 g/mol. The summed E-state index contributed by atoms with van der Waals surface area (Å²) < 4.78 is 49.2. The Labute approximate surface area is 404 Å². The van der Waals surface area contributed by atoms with E-state index < -0.39 is 89.6 Å². The minimum Gasteiger partial charge on any atom is -0.462 e. The fraction of sp³-hybridized carbons (Fsp3) is 0.673. The van der Waals surface area contributed by atoms with Crippen molar-refractivity contribution in [3.05, 3.63) is 85.1 Å². The highest BCUT2D eigenvalue weighted by atomic mass is 31.2. The highest BCUT2D eigenvalue weighted by Crippen LogP contribution is 2.49. The first kappa shape index (κ1) is 63.2. The molecule has 0 aromatic carbocycles. The molecule has 0 saturated heterocycles. The number of hydrogen-bond donors (Lipinski definition) is 8. The summed E-state index contributed by atoms with van der Waals surface area (Å²) in [7, 11) is -10.8. The standard InChI is InChI=1S/C49H82O17P2/c1-3-5-7-9-11-13-15-17-19-21-22-24-26-28-30-32-34-40(50)36-37-43(52)64-41(38-62-42(51)35-33-31-29-27-25-23-20-18-16-14-12-10-8-6-4-2)39-63-68(60,61)66-49-46(55)44(53)45(54)48(47(49)56)65-67(57,58)59/h5-8,11,13,17,19,22,24,28,30,32,34,40-41,44-50,53-56H,3-4,9-10,12,14-16,18,20-21,23,25-27,29,31,33,35-39H2,1-2H3,(H,60,61)(H2,57,58,59)/b7-5-,8-6-,13-11-,19-17-,24-22-,30-28-,34-32-/t40?,41-,44?,45?,46?,47?,48-,49+/m1/s1. The van der Waals surface area contributed by atoms with Gasteiger partial charge in [-0.15, -0.1) is 0 Å². The number of aliphatic hydroxyl groups excluding tert-OH is 5. The molecule has 1 rings (SSSR count). The van der Waals surface area contributed by atoms with Gasteiger partial charge in [-0.25, -0.2) is 9.13 Å². The summed E-state index contributed by atoms with van der Waals surface area (Å²) in [4.78, 5) is 54.3. The second-order valence-corrected chi connectivity index (χ2v) is 19.2. The average Bonchev–Trinajstić information content (AvgIpc) is 3.29. The van der Waals surface area contributed by atoms with Crippen molar-refractivity contribution in [2.24, 2.45) is 0 Å². The van der Waals surface area contributed by atoms with Crippen molar-refractivity contribution < 1.29 is 82.0 Å². The largest absolute Gasteiger partial charge is 0.472 e. The Morgan fingerprint density at radius 2 is 1.03 bits per heavy atom. The molecule has 1 aliphatic carbocycles. The lowest BCUT2D eigenvalue weighted by Gasteiger charge is -2.43. The number of allylic oxidation sites excluding steroid dienone is 13. The van der Waals surface area contributed by atoms with E-state index in [0.29, 0.717) is 12.8 Å². The molecule has 1 fully saturated rings. The van der Waals surface area contributed by atoms with Crippen LogP contribution in [0.2, 0.25) is 0 Å². The van der Waals surface area contributed by atoms with Crippen LogP contribution in [-0.4, -0.2) is 114 Å². The van der Waals surface area contributed by atoms with E-state index in [4.69, 9.17) is 18.5 Å². The lowest BCUT2D eigenvalue weighted by Crippen LogP contribution is -2.64. The highest BCUT2D eigenvalue weighted by Gasteiger charge is 2.54. The quantitative estimate of drug-likeness (QED) is 0.00944. The molecule has 390 valence electrons.